The lowest BCUT2D eigenvalue weighted by atomic mass is 10.00. The highest BCUT2D eigenvalue weighted by atomic mass is 35.5. The quantitative estimate of drug-likeness (QED) is 0.782. The normalized spacial score (nSPS) is 16.8. The highest BCUT2D eigenvalue weighted by Crippen LogP contribution is 2.30. The van der Waals surface area contributed by atoms with Crippen LogP contribution in [0.2, 0.25) is 0 Å². The third-order valence-corrected chi connectivity index (χ3v) is 4.69. The van der Waals surface area contributed by atoms with Crippen LogP contribution in [0.1, 0.15) is 34.6 Å². The first-order valence-corrected chi connectivity index (χ1v) is 9.03. The number of aromatic nitrogens is 2. The van der Waals surface area contributed by atoms with Gasteiger partial charge in [0.1, 0.15) is 0 Å². The molecule has 2 N–H and O–H groups in total. The molecule has 1 aliphatic rings. The van der Waals surface area contributed by atoms with Gasteiger partial charge in [0.15, 0.2) is 5.69 Å². The van der Waals surface area contributed by atoms with E-state index in [9.17, 15) is 22.8 Å². The fraction of sp³-hybridized carbons (Fsp3) is 0.421. The van der Waals surface area contributed by atoms with Gasteiger partial charge in [-0.15, -0.1) is 12.4 Å². The minimum Gasteiger partial charge on any atom is -0.350 e. The molecule has 1 aromatic carbocycles. The minimum absolute atomic E-state index is 0. The van der Waals surface area contributed by atoms with E-state index in [-0.39, 0.29) is 29.7 Å². The van der Waals surface area contributed by atoms with Crippen LogP contribution in [0.5, 0.6) is 0 Å². The molecule has 0 saturated carbocycles. The van der Waals surface area contributed by atoms with Gasteiger partial charge in [-0.2, -0.15) is 18.3 Å². The van der Waals surface area contributed by atoms with Gasteiger partial charge in [-0.3, -0.25) is 9.59 Å². The molecule has 1 fully saturated rings. The number of carbonyl (C=O) groups excluding carboxylic acids is 1. The van der Waals surface area contributed by atoms with Gasteiger partial charge in [0.05, 0.1) is 11.3 Å². The van der Waals surface area contributed by atoms with Gasteiger partial charge in [-0.25, -0.2) is 4.68 Å². The van der Waals surface area contributed by atoms with E-state index in [2.05, 4.69) is 15.7 Å². The SMILES string of the molecule is Cc1cc(=O)c(C(=O)NCC2CCCNC2)nn1-c1cccc(C(F)(F)F)c1.Cl. The number of rotatable bonds is 4. The second-order valence-electron chi connectivity index (χ2n) is 6.88. The zero-order valence-electron chi connectivity index (χ0n) is 15.8. The summed E-state index contributed by atoms with van der Waals surface area (Å²) in [6.45, 7) is 3.69. The highest BCUT2D eigenvalue weighted by molar-refractivity contribution is 5.92. The predicted molar refractivity (Wildman–Crippen MR) is 105 cm³/mol. The summed E-state index contributed by atoms with van der Waals surface area (Å²) in [7, 11) is 0. The maximum Gasteiger partial charge on any atom is 0.416 e. The van der Waals surface area contributed by atoms with Crippen molar-refractivity contribution in [3.8, 4) is 5.69 Å². The van der Waals surface area contributed by atoms with Crippen LogP contribution in [0.15, 0.2) is 35.1 Å². The van der Waals surface area contributed by atoms with Crippen LogP contribution in [0.4, 0.5) is 13.2 Å². The van der Waals surface area contributed by atoms with Crippen molar-refractivity contribution in [2.75, 3.05) is 19.6 Å². The van der Waals surface area contributed by atoms with E-state index >= 15 is 0 Å². The lowest BCUT2D eigenvalue weighted by molar-refractivity contribution is -0.137. The summed E-state index contributed by atoms with van der Waals surface area (Å²) in [6.07, 6.45) is -2.51. The minimum atomic E-state index is -4.50. The zero-order chi connectivity index (χ0) is 20.3. The molecule has 1 aliphatic heterocycles. The second kappa shape index (κ2) is 9.41. The van der Waals surface area contributed by atoms with Crippen LogP contribution in [-0.2, 0) is 6.18 Å². The number of aryl methyl sites for hydroxylation is 1. The lowest BCUT2D eigenvalue weighted by Crippen LogP contribution is -2.40. The van der Waals surface area contributed by atoms with Gasteiger partial charge in [0, 0.05) is 18.3 Å². The third-order valence-electron chi connectivity index (χ3n) is 4.69. The summed E-state index contributed by atoms with van der Waals surface area (Å²) in [6, 6.07) is 5.78. The van der Waals surface area contributed by atoms with Crippen molar-refractivity contribution in [3.05, 3.63) is 57.5 Å². The summed E-state index contributed by atoms with van der Waals surface area (Å²) < 4.78 is 40.1. The number of nitrogens with zero attached hydrogens (tertiary/aromatic N) is 2. The number of carbonyl (C=O) groups is 1. The Hall–Kier alpha value is -2.39. The Labute approximate surface area is 171 Å². The Kier molecular flexibility index (Phi) is 7.43. The number of nitrogens with one attached hydrogen (secondary N) is 2. The van der Waals surface area contributed by atoms with Gasteiger partial charge < -0.3 is 10.6 Å². The fourth-order valence-corrected chi connectivity index (χ4v) is 3.20. The molecule has 0 radical (unpaired) electrons. The monoisotopic (exact) mass is 430 g/mol. The zero-order valence-corrected chi connectivity index (χ0v) is 16.6. The van der Waals surface area contributed by atoms with Crippen molar-refractivity contribution in [1.82, 2.24) is 20.4 Å². The lowest BCUT2D eigenvalue weighted by Gasteiger charge is -2.22. The molecule has 158 valence electrons. The fourth-order valence-electron chi connectivity index (χ4n) is 3.20. The van der Waals surface area contributed by atoms with Crippen molar-refractivity contribution >= 4 is 18.3 Å². The molecule has 1 saturated heterocycles. The Morgan fingerprint density at radius 1 is 1.34 bits per heavy atom. The van der Waals surface area contributed by atoms with E-state index in [1.165, 1.54) is 22.9 Å². The Morgan fingerprint density at radius 2 is 2.10 bits per heavy atom. The summed E-state index contributed by atoms with van der Waals surface area (Å²) in [4.78, 5) is 24.7. The molecular formula is C19H22ClF3N4O2. The van der Waals surface area contributed by atoms with E-state index in [0.29, 0.717) is 12.2 Å². The number of halogens is 4. The largest absolute Gasteiger partial charge is 0.416 e. The summed E-state index contributed by atoms with van der Waals surface area (Å²) in [5.74, 6) is -0.356. The van der Waals surface area contributed by atoms with Crippen LogP contribution in [0.25, 0.3) is 5.69 Å². The highest BCUT2D eigenvalue weighted by Gasteiger charge is 2.30. The predicted octanol–water partition coefficient (Wildman–Crippen LogP) is 2.71. The number of benzene rings is 1. The molecular weight excluding hydrogens is 409 g/mol. The Morgan fingerprint density at radius 3 is 2.76 bits per heavy atom. The second-order valence-corrected chi connectivity index (χ2v) is 6.88. The van der Waals surface area contributed by atoms with Gasteiger partial charge >= 0.3 is 6.18 Å². The standard InChI is InChI=1S/C19H21F3N4O2.ClH/c1-12-8-16(27)17(18(28)24-11-13-4-3-7-23-10-13)25-26(12)15-6-2-5-14(9-15)19(20,21)22;/h2,5-6,8-9,13,23H,3-4,7,10-11H2,1H3,(H,24,28);1H. The molecule has 0 aliphatic carbocycles. The smallest absolute Gasteiger partial charge is 0.350 e. The van der Waals surface area contributed by atoms with Crippen molar-refractivity contribution in [3.63, 3.8) is 0 Å². The summed E-state index contributed by atoms with van der Waals surface area (Å²) >= 11 is 0. The molecule has 1 unspecified atom stereocenters. The molecule has 1 amide bonds. The van der Waals surface area contributed by atoms with Crippen LogP contribution < -0.4 is 16.1 Å². The molecule has 1 atom stereocenters. The van der Waals surface area contributed by atoms with Crippen molar-refractivity contribution in [1.29, 1.82) is 0 Å². The number of hydrogen-bond acceptors (Lipinski definition) is 4. The number of hydrogen-bond donors (Lipinski definition) is 2. The van der Waals surface area contributed by atoms with Crippen LogP contribution in [0.3, 0.4) is 0 Å². The first-order valence-electron chi connectivity index (χ1n) is 9.03. The molecule has 29 heavy (non-hydrogen) atoms. The van der Waals surface area contributed by atoms with Crippen LogP contribution in [0, 0.1) is 12.8 Å². The van der Waals surface area contributed by atoms with Gasteiger partial charge in [-0.1, -0.05) is 6.07 Å². The van der Waals surface area contributed by atoms with Gasteiger partial charge in [0.25, 0.3) is 5.91 Å². The molecule has 10 heteroatoms. The molecule has 0 spiro atoms. The summed E-state index contributed by atoms with van der Waals surface area (Å²) in [5, 5.41) is 9.99. The van der Waals surface area contributed by atoms with E-state index < -0.39 is 23.1 Å². The third kappa shape index (κ3) is 5.57. The molecule has 6 nitrogen and oxygen atoms in total. The Bertz CT molecular complexity index is 924. The van der Waals surface area contributed by atoms with Gasteiger partial charge in [-0.05, 0) is 57.0 Å². The molecule has 2 aromatic rings. The van der Waals surface area contributed by atoms with Gasteiger partial charge in [0.2, 0.25) is 5.43 Å². The number of alkyl halides is 3. The first-order chi connectivity index (χ1) is 13.3. The van der Waals surface area contributed by atoms with E-state index in [1.54, 1.807) is 6.92 Å². The average molecular weight is 431 g/mol. The first kappa shape index (κ1) is 22.9. The van der Waals surface area contributed by atoms with Crippen molar-refractivity contribution in [2.24, 2.45) is 5.92 Å². The molecule has 3 rings (SSSR count). The van der Waals surface area contributed by atoms with E-state index in [0.717, 1.165) is 38.1 Å². The van der Waals surface area contributed by atoms with Crippen molar-refractivity contribution < 1.29 is 18.0 Å². The topological polar surface area (TPSA) is 76.0 Å². The molecule has 0 bridgehead atoms. The average Bonchev–Trinajstić information content (AvgIpc) is 2.66. The summed E-state index contributed by atoms with van der Waals surface area (Å²) in [5.41, 5.74) is -1.29. The van der Waals surface area contributed by atoms with Crippen molar-refractivity contribution in [2.45, 2.75) is 25.9 Å². The van der Waals surface area contributed by atoms with Crippen LogP contribution in [-0.4, -0.2) is 35.3 Å². The Balaban J connectivity index is 0.00000300. The van der Waals surface area contributed by atoms with E-state index in [4.69, 9.17) is 0 Å². The van der Waals surface area contributed by atoms with E-state index in [1.807, 2.05) is 0 Å². The number of piperidine rings is 1. The number of amides is 1. The molecule has 1 aromatic heterocycles. The molecule has 2 heterocycles. The van der Waals surface area contributed by atoms with Crippen LogP contribution >= 0.6 is 12.4 Å². The maximum atomic E-state index is 13.0. The maximum absolute atomic E-state index is 13.0.